The molecule has 29 heavy (non-hydrogen) atoms. The summed E-state index contributed by atoms with van der Waals surface area (Å²) in [6, 6.07) is 15.9. The van der Waals surface area contributed by atoms with Crippen LogP contribution in [-0.4, -0.2) is 43.2 Å². The molecule has 0 amide bonds. The maximum absolute atomic E-state index is 5.88. The summed E-state index contributed by atoms with van der Waals surface area (Å²) in [5.74, 6) is 1.91. The third kappa shape index (κ3) is 5.52. The summed E-state index contributed by atoms with van der Waals surface area (Å²) in [6.07, 6.45) is 1.79. The molecule has 1 N–H and O–H groups in total. The second-order valence-electron chi connectivity index (χ2n) is 6.52. The molecule has 0 atom stereocenters. The van der Waals surface area contributed by atoms with Crippen molar-refractivity contribution in [3.8, 4) is 5.75 Å². The highest BCUT2D eigenvalue weighted by Crippen LogP contribution is 2.27. The number of pyridine rings is 1. The molecule has 0 radical (unpaired) electrons. The van der Waals surface area contributed by atoms with Crippen LogP contribution in [0.1, 0.15) is 11.3 Å². The molecule has 0 saturated heterocycles. The molecule has 3 aromatic rings. The third-order valence-electron chi connectivity index (χ3n) is 4.51. The van der Waals surface area contributed by atoms with Crippen molar-refractivity contribution >= 4 is 51.7 Å². The lowest BCUT2D eigenvalue weighted by molar-refractivity contribution is 0.415. The van der Waals surface area contributed by atoms with E-state index in [4.69, 9.17) is 27.9 Å². The molecule has 0 unspecified atom stereocenters. The molecule has 3 rings (SSSR count). The molecule has 0 fully saturated rings. The summed E-state index contributed by atoms with van der Waals surface area (Å²) >= 11 is 11.8. The van der Waals surface area contributed by atoms with E-state index in [1.807, 2.05) is 43.3 Å². The van der Waals surface area contributed by atoms with Gasteiger partial charge < -0.3 is 9.64 Å². The summed E-state index contributed by atoms with van der Waals surface area (Å²) in [5.41, 5.74) is 7.92. The number of rotatable bonds is 9. The highest BCUT2D eigenvalue weighted by Gasteiger charge is 2.06. The van der Waals surface area contributed by atoms with E-state index in [1.165, 1.54) is 0 Å². The first-order valence-corrected chi connectivity index (χ1v) is 10.4. The van der Waals surface area contributed by atoms with Gasteiger partial charge in [0.15, 0.2) is 0 Å². The zero-order chi connectivity index (χ0) is 20.6. The molecule has 152 valence electrons. The normalized spacial score (nSPS) is 11.2. The van der Waals surface area contributed by atoms with Crippen LogP contribution in [0.2, 0.25) is 0 Å². The topological polar surface area (TPSA) is 49.8 Å². The van der Waals surface area contributed by atoms with Crippen molar-refractivity contribution in [3.63, 3.8) is 0 Å². The lowest BCUT2D eigenvalue weighted by Crippen LogP contribution is -2.27. The van der Waals surface area contributed by atoms with Crippen molar-refractivity contribution in [1.29, 1.82) is 0 Å². The first kappa shape index (κ1) is 21.2. The number of methoxy groups -OCH3 is 1. The van der Waals surface area contributed by atoms with E-state index in [2.05, 4.69) is 32.5 Å². The average molecular weight is 431 g/mol. The molecule has 0 aliphatic carbocycles. The van der Waals surface area contributed by atoms with Gasteiger partial charge in [-0.25, -0.2) is 0 Å². The van der Waals surface area contributed by atoms with Crippen LogP contribution < -0.4 is 15.1 Å². The van der Waals surface area contributed by atoms with Gasteiger partial charge in [-0.2, -0.15) is 5.10 Å². The van der Waals surface area contributed by atoms with E-state index in [0.29, 0.717) is 11.8 Å². The summed E-state index contributed by atoms with van der Waals surface area (Å²) in [7, 11) is 1.65. The number of nitrogens with zero attached hydrogens (tertiary/aromatic N) is 3. The van der Waals surface area contributed by atoms with Crippen LogP contribution in [0.15, 0.2) is 53.6 Å². The highest BCUT2D eigenvalue weighted by atomic mass is 35.5. The SMILES string of the molecule is COc1ccc2nc(C)cc(N/N=C\c3ccc(N(CCCl)CCCl)cc3)c2c1. The lowest BCUT2D eigenvalue weighted by Gasteiger charge is -2.22. The molecule has 0 bridgehead atoms. The number of hydrogen-bond acceptors (Lipinski definition) is 5. The predicted octanol–water partition coefficient (Wildman–Crippen LogP) is 5.28. The number of aryl methyl sites for hydroxylation is 1. The van der Waals surface area contributed by atoms with Crippen LogP contribution in [0.5, 0.6) is 5.75 Å². The van der Waals surface area contributed by atoms with Crippen LogP contribution >= 0.6 is 23.2 Å². The number of hydrogen-bond donors (Lipinski definition) is 1. The van der Waals surface area contributed by atoms with Crippen molar-refractivity contribution in [2.45, 2.75) is 6.92 Å². The Morgan fingerprint density at radius 1 is 1.07 bits per heavy atom. The molecular formula is C22H24Cl2N4O. The molecular weight excluding hydrogens is 407 g/mol. The van der Waals surface area contributed by atoms with E-state index in [0.717, 1.165) is 52.4 Å². The average Bonchev–Trinajstić information content (AvgIpc) is 2.74. The number of benzene rings is 2. The summed E-state index contributed by atoms with van der Waals surface area (Å²) in [6.45, 7) is 3.49. The zero-order valence-electron chi connectivity index (χ0n) is 16.5. The molecule has 1 heterocycles. The van der Waals surface area contributed by atoms with Crippen molar-refractivity contribution in [3.05, 3.63) is 59.8 Å². The van der Waals surface area contributed by atoms with Gasteiger partial charge in [0, 0.05) is 41.6 Å². The van der Waals surface area contributed by atoms with E-state index in [9.17, 15) is 0 Å². The quantitative estimate of drug-likeness (QED) is 0.285. The molecule has 0 spiro atoms. The number of alkyl halides is 2. The van der Waals surface area contributed by atoms with E-state index < -0.39 is 0 Å². The van der Waals surface area contributed by atoms with Crippen molar-refractivity contribution in [1.82, 2.24) is 4.98 Å². The van der Waals surface area contributed by atoms with E-state index >= 15 is 0 Å². The number of fused-ring (bicyclic) bond motifs is 1. The van der Waals surface area contributed by atoms with Gasteiger partial charge >= 0.3 is 0 Å². The fraction of sp³-hybridized carbons (Fsp3) is 0.273. The van der Waals surface area contributed by atoms with Gasteiger partial charge in [-0.1, -0.05) is 12.1 Å². The van der Waals surface area contributed by atoms with Crippen LogP contribution in [0.25, 0.3) is 10.9 Å². The lowest BCUT2D eigenvalue weighted by atomic mass is 10.1. The molecule has 0 saturated carbocycles. The van der Waals surface area contributed by atoms with Crippen molar-refractivity contribution in [2.75, 3.05) is 42.3 Å². The zero-order valence-corrected chi connectivity index (χ0v) is 18.0. The number of anilines is 2. The number of halogens is 2. The predicted molar refractivity (Wildman–Crippen MR) is 124 cm³/mol. The Hall–Kier alpha value is -2.50. The Morgan fingerprint density at radius 3 is 2.45 bits per heavy atom. The van der Waals surface area contributed by atoms with E-state index in [1.54, 1.807) is 13.3 Å². The van der Waals surface area contributed by atoms with Gasteiger partial charge in [-0.05, 0) is 48.9 Å². The van der Waals surface area contributed by atoms with Crippen LogP contribution in [0.3, 0.4) is 0 Å². The molecule has 0 aliphatic rings. The van der Waals surface area contributed by atoms with Crippen LogP contribution in [0.4, 0.5) is 11.4 Å². The molecule has 0 aliphatic heterocycles. The standard InChI is InChI=1S/C22H24Cl2N4O/c1-16-13-22(20-14-19(29-2)7-8-21(20)26-16)27-25-15-17-3-5-18(6-4-17)28(11-9-23)12-10-24/h3-8,13-15H,9-12H2,1-2H3,(H,26,27)/b25-15-. The fourth-order valence-electron chi connectivity index (χ4n) is 3.08. The summed E-state index contributed by atoms with van der Waals surface area (Å²) in [5, 5.41) is 5.36. The minimum Gasteiger partial charge on any atom is -0.497 e. The molecule has 1 aromatic heterocycles. The van der Waals surface area contributed by atoms with Gasteiger partial charge in [0.1, 0.15) is 5.75 Å². The monoisotopic (exact) mass is 430 g/mol. The van der Waals surface area contributed by atoms with Gasteiger partial charge in [-0.15, -0.1) is 23.2 Å². The first-order chi connectivity index (χ1) is 14.1. The maximum Gasteiger partial charge on any atom is 0.119 e. The van der Waals surface area contributed by atoms with Crippen LogP contribution in [-0.2, 0) is 0 Å². The Labute approximate surface area is 181 Å². The minimum atomic E-state index is 0.564. The molecule has 7 heteroatoms. The van der Waals surface area contributed by atoms with Gasteiger partial charge in [0.05, 0.1) is 24.5 Å². The number of hydrazone groups is 1. The number of aromatic nitrogens is 1. The van der Waals surface area contributed by atoms with Gasteiger partial charge in [0.25, 0.3) is 0 Å². The summed E-state index contributed by atoms with van der Waals surface area (Å²) < 4.78 is 5.33. The Kier molecular flexibility index (Phi) is 7.55. The minimum absolute atomic E-state index is 0.564. The maximum atomic E-state index is 5.88. The second-order valence-corrected chi connectivity index (χ2v) is 7.28. The fourth-order valence-corrected chi connectivity index (χ4v) is 3.49. The first-order valence-electron chi connectivity index (χ1n) is 9.36. The van der Waals surface area contributed by atoms with Crippen molar-refractivity contribution in [2.24, 2.45) is 5.10 Å². The van der Waals surface area contributed by atoms with Crippen LogP contribution in [0, 0.1) is 6.92 Å². The largest absolute Gasteiger partial charge is 0.497 e. The van der Waals surface area contributed by atoms with Gasteiger partial charge in [-0.3, -0.25) is 10.4 Å². The van der Waals surface area contributed by atoms with E-state index in [-0.39, 0.29) is 0 Å². The second kappa shape index (κ2) is 10.3. The molecule has 2 aromatic carbocycles. The Balaban J connectivity index is 1.76. The third-order valence-corrected chi connectivity index (χ3v) is 4.85. The Morgan fingerprint density at radius 2 is 1.79 bits per heavy atom. The smallest absolute Gasteiger partial charge is 0.119 e. The van der Waals surface area contributed by atoms with Crippen molar-refractivity contribution < 1.29 is 4.74 Å². The molecule has 5 nitrogen and oxygen atoms in total. The Bertz CT molecular complexity index is 970. The number of nitrogens with one attached hydrogen (secondary N) is 1. The van der Waals surface area contributed by atoms with Gasteiger partial charge in [0.2, 0.25) is 0 Å². The number of ether oxygens (including phenoxy) is 1. The highest BCUT2D eigenvalue weighted by molar-refractivity contribution is 6.18. The summed E-state index contributed by atoms with van der Waals surface area (Å²) in [4.78, 5) is 6.73.